The fourth-order valence-electron chi connectivity index (χ4n) is 4.09. The van der Waals surface area contributed by atoms with Crippen LogP contribution in [0, 0.1) is 20.8 Å². The van der Waals surface area contributed by atoms with Gasteiger partial charge in [-0.1, -0.05) is 42.5 Å². The molecule has 0 atom stereocenters. The summed E-state index contributed by atoms with van der Waals surface area (Å²) in [7, 11) is 1.57. The number of rotatable bonds is 8. The highest BCUT2D eigenvalue weighted by Crippen LogP contribution is 2.33. The lowest BCUT2D eigenvalue weighted by Gasteiger charge is -2.17. The Morgan fingerprint density at radius 3 is 2.21 bits per heavy atom. The Labute approximate surface area is 199 Å². The van der Waals surface area contributed by atoms with Crippen LogP contribution in [0.15, 0.2) is 72.4 Å². The van der Waals surface area contributed by atoms with Gasteiger partial charge in [0, 0.05) is 0 Å². The zero-order valence-corrected chi connectivity index (χ0v) is 19.8. The summed E-state index contributed by atoms with van der Waals surface area (Å²) < 4.78 is 11.3. The van der Waals surface area contributed by atoms with Crippen LogP contribution >= 0.6 is 0 Å². The molecule has 1 heterocycles. The topological polar surface area (TPSA) is 67.9 Å². The number of hydrogen-bond acceptors (Lipinski definition) is 5. The number of hydrogen-bond donors (Lipinski definition) is 1. The number of carbonyl (C=O) groups is 2. The number of ether oxygens (including phenoxy) is 2. The molecule has 6 heteroatoms. The monoisotopic (exact) mass is 456 g/mol. The third-order valence-electron chi connectivity index (χ3n) is 5.62. The average Bonchev–Trinajstić information content (AvgIpc) is 3.03. The molecule has 0 aliphatic carbocycles. The minimum atomic E-state index is -0.392. The largest absolute Gasteiger partial charge is 0.495 e. The fraction of sp³-hybridized carbons (Fsp3) is 0.214. The van der Waals surface area contributed by atoms with Crippen LogP contribution in [-0.2, 0) is 9.59 Å². The van der Waals surface area contributed by atoms with E-state index in [1.165, 1.54) is 4.90 Å². The van der Waals surface area contributed by atoms with E-state index in [9.17, 15) is 9.59 Å². The predicted octanol–water partition coefficient (Wildman–Crippen LogP) is 4.89. The van der Waals surface area contributed by atoms with Crippen LogP contribution < -0.4 is 14.8 Å². The summed E-state index contributed by atoms with van der Waals surface area (Å²) in [6, 6.07) is 20.8. The summed E-state index contributed by atoms with van der Waals surface area (Å²) >= 11 is 0. The van der Waals surface area contributed by atoms with Crippen LogP contribution in [0.25, 0.3) is 5.57 Å². The second-order valence-corrected chi connectivity index (χ2v) is 8.38. The number of carbonyl (C=O) groups excluding carboxylic acids is 2. The van der Waals surface area contributed by atoms with Gasteiger partial charge in [-0.15, -0.1) is 0 Å². The number of methoxy groups -OCH3 is 1. The number of nitrogens with one attached hydrogen (secondary N) is 1. The Bertz CT molecular complexity index is 1240. The van der Waals surface area contributed by atoms with E-state index in [2.05, 4.69) is 11.4 Å². The van der Waals surface area contributed by atoms with Crippen molar-refractivity contribution in [2.24, 2.45) is 0 Å². The molecule has 174 valence electrons. The van der Waals surface area contributed by atoms with Crippen molar-refractivity contribution in [3.63, 3.8) is 0 Å². The van der Waals surface area contributed by atoms with E-state index >= 15 is 0 Å². The zero-order chi connectivity index (χ0) is 24.2. The van der Waals surface area contributed by atoms with Crippen molar-refractivity contribution in [3.05, 3.63) is 94.7 Å². The first-order chi connectivity index (χ1) is 16.4. The first kappa shape index (κ1) is 23.1. The second-order valence-electron chi connectivity index (χ2n) is 8.38. The van der Waals surface area contributed by atoms with E-state index in [1.807, 2.05) is 81.4 Å². The fourth-order valence-corrected chi connectivity index (χ4v) is 4.09. The van der Waals surface area contributed by atoms with Gasteiger partial charge in [0.05, 0.1) is 24.9 Å². The van der Waals surface area contributed by atoms with Gasteiger partial charge in [0.25, 0.3) is 11.8 Å². The Morgan fingerprint density at radius 2 is 1.53 bits per heavy atom. The molecule has 0 fully saturated rings. The maximum Gasteiger partial charge on any atom is 0.278 e. The summed E-state index contributed by atoms with van der Waals surface area (Å²) in [4.78, 5) is 28.1. The SMILES string of the molecule is COc1ccc(C)cc1NC1=C(c2ccccc2)C(=O)N(CCOc2cc(C)cc(C)c2)C1=O. The third-order valence-corrected chi connectivity index (χ3v) is 5.62. The molecule has 1 N–H and O–H groups in total. The van der Waals surface area contributed by atoms with Gasteiger partial charge in [-0.25, -0.2) is 0 Å². The van der Waals surface area contributed by atoms with Crippen molar-refractivity contribution < 1.29 is 19.1 Å². The van der Waals surface area contributed by atoms with E-state index in [-0.39, 0.29) is 24.8 Å². The van der Waals surface area contributed by atoms with Gasteiger partial charge in [-0.3, -0.25) is 14.5 Å². The zero-order valence-electron chi connectivity index (χ0n) is 19.8. The van der Waals surface area contributed by atoms with Crippen LogP contribution in [0.3, 0.4) is 0 Å². The molecular weight excluding hydrogens is 428 g/mol. The minimum Gasteiger partial charge on any atom is -0.495 e. The molecule has 2 amide bonds. The molecule has 0 aromatic heterocycles. The smallest absolute Gasteiger partial charge is 0.278 e. The summed E-state index contributed by atoms with van der Waals surface area (Å²) in [5.41, 5.74) is 5.05. The molecule has 6 nitrogen and oxygen atoms in total. The molecule has 34 heavy (non-hydrogen) atoms. The van der Waals surface area contributed by atoms with Gasteiger partial charge in [0.15, 0.2) is 0 Å². The van der Waals surface area contributed by atoms with Crippen LogP contribution in [0.4, 0.5) is 5.69 Å². The van der Waals surface area contributed by atoms with Crippen molar-refractivity contribution >= 4 is 23.1 Å². The average molecular weight is 457 g/mol. The second kappa shape index (κ2) is 9.83. The highest BCUT2D eigenvalue weighted by atomic mass is 16.5. The van der Waals surface area contributed by atoms with E-state index in [0.717, 1.165) is 22.4 Å². The lowest BCUT2D eigenvalue weighted by atomic mass is 10.0. The molecule has 1 aliphatic heterocycles. The van der Waals surface area contributed by atoms with Crippen molar-refractivity contribution in [1.82, 2.24) is 4.90 Å². The molecule has 3 aromatic rings. The summed E-state index contributed by atoms with van der Waals surface area (Å²) in [6.45, 7) is 6.29. The molecule has 1 aliphatic rings. The molecule has 0 radical (unpaired) electrons. The van der Waals surface area contributed by atoms with Gasteiger partial charge in [-0.05, 0) is 67.3 Å². The lowest BCUT2D eigenvalue weighted by Crippen LogP contribution is -2.36. The first-order valence-corrected chi connectivity index (χ1v) is 11.2. The van der Waals surface area contributed by atoms with E-state index < -0.39 is 5.91 Å². The molecule has 0 bridgehead atoms. The summed E-state index contributed by atoms with van der Waals surface area (Å²) in [6.07, 6.45) is 0. The molecule has 4 rings (SSSR count). The normalized spacial score (nSPS) is 13.5. The maximum atomic E-state index is 13.4. The van der Waals surface area contributed by atoms with E-state index in [0.29, 0.717) is 22.6 Å². The third kappa shape index (κ3) is 4.81. The maximum absolute atomic E-state index is 13.4. The van der Waals surface area contributed by atoms with Crippen LogP contribution in [0.5, 0.6) is 11.5 Å². The molecule has 0 saturated heterocycles. The Morgan fingerprint density at radius 1 is 0.824 bits per heavy atom. The Balaban J connectivity index is 1.61. The van der Waals surface area contributed by atoms with Gasteiger partial charge in [0.1, 0.15) is 23.8 Å². The van der Waals surface area contributed by atoms with Crippen molar-refractivity contribution in [2.45, 2.75) is 20.8 Å². The number of benzene rings is 3. The number of aryl methyl sites for hydroxylation is 3. The minimum absolute atomic E-state index is 0.136. The van der Waals surface area contributed by atoms with Gasteiger partial charge >= 0.3 is 0 Å². The highest BCUT2D eigenvalue weighted by Gasteiger charge is 2.39. The summed E-state index contributed by atoms with van der Waals surface area (Å²) in [5, 5.41) is 3.18. The van der Waals surface area contributed by atoms with Crippen LogP contribution in [0.1, 0.15) is 22.3 Å². The number of amides is 2. The molecular formula is C28H28N2O4. The standard InChI is InChI=1S/C28H28N2O4/c1-18-10-11-24(33-4)23(17-18)29-26-25(21-8-6-5-7-9-21)27(31)30(28(26)32)12-13-34-22-15-19(2)14-20(3)16-22/h5-11,14-17,29H,12-13H2,1-4H3. The van der Waals surface area contributed by atoms with Gasteiger partial charge in [-0.2, -0.15) is 0 Å². The Kier molecular flexibility index (Phi) is 6.68. The van der Waals surface area contributed by atoms with Crippen LogP contribution in [-0.4, -0.2) is 37.0 Å². The lowest BCUT2D eigenvalue weighted by molar-refractivity contribution is -0.137. The Hall–Kier alpha value is -4.06. The molecule has 0 saturated carbocycles. The number of imide groups is 1. The van der Waals surface area contributed by atoms with Crippen LogP contribution in [0.2, 0.25) is 0 Å². The first-order valence-electron chi connectivity index (χ1n) is 11.2. The number of anilines is 1. The van der Waals surface area contributed by atoms with E-state index in [1.54, 1.807) is 7.11 Å². The van der Waals surface area contributed by atoms with Crippen molar-refractivity contribution in [3.8, 4) is 11.5 Å². The van der Waals surface area contributed by atoms with Gasteiger partial charge < -0.3 is 14.8 Å². The molecule has 0 unspecified atom stereocenters. The molecule has 3 aromatic carbocycles. The summed E-state index contributed by atoms with van der Waals surface area (Å²) in [5.74, 6) is 0.559. The quantitative estimate of drug-likeness (QED) is 0.489. The van der Waals surface area contributed by atoms with E-state index in [4.69, 9.17) is 9.47 Å². The number of nitrogens with zero attached hydrogens (tertiary/aromatic N) is 1. The van der Waals surface area contributed by atoms with Crippen molar-refractivity contribution in [2.75, 3.05) is 25.6 Å². The highest BCUT2D eigenvalue weighted by molar-refractivity contribution is 6.36. The van der Waals surface area contributed by atoms with Crippen molar-refractivity contribution in [1.29, 1.82) is 0 Å². The van der Waals surface area contributed by atoms with Gasteiger partial charge in [0.2, 0.25) is 0 Å². The molecule has 0 spiro atoms. The predicted molar refractivity (Wildman–Crippen MR) is 133 cm³/mol.